The minimum absolute atomic E-state index is 0.283. The number of rotatable bonds is 5. The first kappa shape index (κ1) is 14.9. The summed E-state index contributed by atoms with van der Waals surface area (Å²) in [4.78, 5) is 0. The van der Waals surface area contributed by atoms with Gasteiger partial charge in [0.25, 0.3) is 0 Å². The molecule has 0 saturated carbocycles. The van der Waals surface area contributed by atoms with E-state index >= 15 is 0 Å². The maximum Gasteiger partial charge on any atom is 0.185 e. The van der Waals surface area contributed by atoms with E-state index in [0.717, 1.165) is 17.7 Å². The molecule has 0 aliphatic heterocycles. The highest BCUT2D eigenvalue weighted by atomic mass is 19.1. The minimum Gasteiger partial charge on any atom is -0.244 e. The molecule has 0 aliphatic carbocycles. The Balaban J connectivity index is 1.81. The predicted molar refractivity (Wildman–Crippen MR) is 84.1 cm³/mol. The Hall–Kier alpha value is -3.00. The lowest BCUT2D eigenvalue weighted by Gasteiger charge is -2.07. The molecule has 0 N–H and O–H groups in total. The molecule has 0 unspecified atom stereocenters. The van der Waals surface area contributed by atoms with Gasteiger partial charge in [0.1, 0.15) is 11.9 Å². The van der Waals surface area contributed by atoms with Crippen LogP contribution in [0, 0.1) is 17.1 Å². The molecule has 5 heteroatoms. The normalized spacial score (nSPS) is 10.4. The summed E-state index contributed by atoms with van der Waals surface area (Å²) >= 11 is 0. The first-order valence-electron chi connectivity index (χ1n) is 7.37. The third-order valence-electron chi connectivity index (χ3n) is 3.66. The molecule has 0 atom stereocenters. The van der Waals surface area contributed by atoms with Gasteiger partial charge in [-0.25, -0.2) is 9.07 Å². The van der Waals surface area contributed by atoms with Crippen LogP contribution in [0.2, 0.25) is 0 Å². The molecule has 0 radical (unpaired) electrons. The summed E-state index contributed by atoms with van der Waals surface area (Å²) in [5.41, 5.74) is 3.09. The van der Waals surface area contributed by atoms with Gasteiger partial charge in [-0.15, -0.1) is 5.10 Å². The van der Waals surface area contributed by atoms with Crippen molar-refractivity contribution in [2.45, 2.75) is 19.4 Å². The van der Waals surface area contributed by atoms with Gasteiger partial charge in [0.2, 0.25) is 0 Å². The van der Waals surface area contributed by atoms with Gasteiger partial charge in [0.05, 0.1) is 12.2 Å². The third kappa shape index (κ3) is 3.61. The first-order valence-corrected chi connectivity index (χ1v) is 7.37. The molecule has 0 aliphatic rings. The second-order valence-corrected chi connectivity index (χ2v) is 5.27. The van der Waals surface area contributed by atoms with Crippen molar-refractivity contribution in [3.05, 3.63) is 82.9 Å². The Morgan fingerprint density at radius 3 is 2.52 bits per heavy atom. The molecule has 4 nitrogen and oxygen atoms in total. The van der Waals surface area contributed by atoms with Crippen LogP contribution < -0.4 is 0 Å². The van der Waals surface area contributed by atoms with Crippen LogP contribution in [0.1, 0.15) is 22.5 Å². The van der Waals surface area contributed by atoms with Crippen LogP contribution in [0.5, 0.6) is 0 Å². The lowest BCUT2D eigenvalue weighted by atomic mass is 10.1. The molecular weight excluding hydrogens is 291 g/mol. The van der Waals surface area contributed by atoms with E-state index in [1.165, 1.54) is 17.7 Å². The fourth-order valence-electron chi connectivity index (χ4n) is 2.51. The SMILES string of the molecule is N#Cc1nnn(Cc2cccc(F)c2)c1CCc1ccccc1. The molecule has 0 spiro atoms. The van der Waals surface area contributed by atoms with E-state index < -0.39 is 0 Å². The molecule has 114 valence electrons. The van der Waals surface area contributed by atoms with Crippen molar-refractivity contribution in [3.63, 3.8) is 0 Å². The van der Waals surface area contributed by atoms with Crippen LogP contribution in [0.4, 0.5) is 4.39 Å². The van der Waals surface area contributed by atoms with Gasteiger partial charge >= 0.3 is 0 Å². The molecule has 1 aromatic heterocycles. The Morgan fingerprint density at radius 2 is 1.78 bits per heavy atom. The zero-order chi connectivity index (χ0) is 16.1. The number of benzene rings is 2. The molecule has 0 saturated heterocycles. The smallest absolute Gasteiger partial charge is 0.185 e. The number of aryl methyl sites for hydroxylation is 1. The highest BCUT2D eigenvalue weighted by molar-refractivity contribution is 5.27. The summed E-state index contributed by atoms with van der Waals surface area (Å²) in [5, 5.41) is 17.2. The van der Waals surface area contributed by atoms with Gasteiger partial charge in [0.15, 0.2) is 5.69 Å². The Morgan fingerprint density at radius 1 is 1.00 bits per heavy atom. The Kier molecular flexibility index (Phi) is 4.44. The average molecular weight is 306 g/mol. The van der Waals surface area contributed by atoms with E-state index in [0.29, 0.717) is 18.7 Å². The number of aromatic nitrogens is 3. The number of halogens is 1. The molecule has 3 rings (SSSR count). The minimum atomic E-state index is -0.283. The summed E-state index contributed by atoms with van der Waals surface area (Å²) in [6.07, 6.45) is 1.46. The van der Waals surface area contributed by atoms with Crippen molar-refractivity contribution in [1.82, 2.24) is 15.0 Å². The molecule has 23 heavy (non-hydrogen) atoms. The van der Waals surface area contributed by atoms with Crippen molar-refractivity contribution in [1.29, 1.82) is 5.26 Å². The summed E-state index contributed by atoms with van der Waals surface area (Å²) in [6, 6.07) is 18.5. The fraction of sp³-hybridized carbons (Fsp3) is 0.167. The van der Waals surface area contributed by atoms with Crippen LogP contribution in [0.15, 0.2) is 54.6 Å². The quantitative estimate of drug-likeness (QED) is 0.727. The molecule has 1 heterocycles. The highest BCUT2D eigenvalue weighted by Gasteiger charge is 2.13. The summed E-state index contributed by atoms with van der Waals surface area (Å²) in [5.74, 6) is -0.283. The van der Waals surface area contributed by atoms with Gasteiger partial charge in [0, 0.05) is 0 Å². The molecule has 0 fully saturated rings. The average Bonchev–Trinajstić information content (AvgIpc) is 2.95. The Bertz CT molecular complexity index is 834. The van der Waals surface area contributed by atoms with Crippen molar-refractivity contribution < 1.29 is 4.39 Å². The van der Waals surface area contributed by atoms with E-state index in [2.05, 4.69) is 16.4 Å². The number of hydrogen-bond donors (Lipinski definition) is 0. The lowest BCUT2D eigenvalue weighted by Crippen LogP contribution is -2.08. The van der Waals surface area contributed by atoms with Crippen LogP contribution in [-0.4, -0.2) is 15.0 Å². The summed E-state index contributed by atoms with van der Waals surface area (Å²) in [6.45, 7) is 0.399. The standard InChI is InChI=1S/C18H15FN4/c19-16-8-4-7-15(11-16)13-23-18(17(12-20)21-22-23)10-9-14-5-2-1-3-6-14/h1-8,11H,9-10,13H2. The van der Waals surface area contributed by atoms with Gasteiger partial charge in [-0.3, -0.25) is 0 Å². The van der Waals surface area contributed by atoms with Crippen molar-refractivity contribution >= 4 is 0 Å². The molecule has 2 aromatic carbocycles. The van der Waals surface area contributed by atoms with Gasteiger partial charge in [-0.05, 0) is 36.1 Å². The zero-order valence-corrected chi connectivity index (χ0v) is 12.5. The largest absolute Gasteiger partial charge is 0.244 e. The maximum absolute atomic E-state index is 13.3. The van der Waals surface area contributed by atoms with Gasteiger partial charge < -0.3 is 0 Å². The number of hydrogen-bond acceptors (Lipinski definition) is 3. The summed E-state index contributed by atoms with van der Waals surface area (Å²) in [7, 11) is 0. The van der Waals surface area contributed by atoms with Gasteiger partial charge in [-0.2, -0.15) is 5.26 Å². The second kappa shape index (κ2) is 6.84. The monoisotopic (exact) mass is 306 g/mol. The zero-order valence-electron chi connectivity index (χ0n) is 12.5. The lowest BCUT2D eigenvalue weighted by molar-refractivity contribution is 0.600. The third-order valence-corrected chi connectivity index (χ3v) is 3.66. The van der Waals surface area contributed by atoms with Crippen molar-refractivity contribution in [3.8, 4) is 6.07 Å². The maximum atomic E-state index is 13.3. The predicted octanol–water partition coefficient (Wildman–Crippen LogP) is 3.12. The molecular formula is C18H15FN4. The molecule has 3 aromatic rings. The molecule has 0 amide bonds. The number of nitrogens with zero attached hydrogens (tertiary/aromatic N) is 4. The van der Waals surface area contributed by atoms with Crippen LogP contribution in [0.25, 0.3) is 0 Å². The van der Waals surface area contributed by atoms with Gasteiger partial charge in [-0.1, -0.05) is 47.7 Å². The topological polar surface area (TPSA) is 54.5 Å². The van der Waals surface area contributed by atoms with E-state index in [1.54, 1.807) is 10.7 Å². The summed E-state index contributed by atoms with van der Waals surface area (Å²) < 4.78 is 15.0. The van der Waals surface area contributed by atoms with Crippen LogP contribution in [-0.2, 0) is 19.4 Å². The van der Waals surface area contributed by atoms with Crippen LogP contribution in [0.3, 0.4) is 0 Å². The van der Waals surface area contributed by atoms with Crippen LogP contribution >= 0.6 is 0 Å². The fourth-order valence-corrected chi connectivity index (χ4v) is 2.51. The van der Waals surface area contributed by atoms with E-state index in [9.17, 15) is 9.65 Å². The van der Waals surface area contributed by atoms with Crippen molar-refractivity contribution in [2.75, 3.05) is 0 Å². The van der Waals surface area contributed by atoms with E-state index in [-0.39, 0.29) is 5.82 Å². The first-order chi connectivity index (χ1) is 11.3. The van der Waals surface area contributed by atoms with E-state index in [1.807, 2.05) is 36.4 Å². The van der Waals surface area contributed by atoms with E-state index in [4.69, 9.17) is 0 Å². The second-order valence-electron chi connectivity index (χ2n) is 5.27. The molecule has 0 bridgehead atoms. The Labute approximate surface area is 133 Å². The van der Waals surface area contributed by atoms with Crippen molar-refractivity contribution in [2.24, 2.45) is 0 Å². The highest BCUT2D eigenvalue weighted by Crippen LogP contribution is 2.13. The number of nitriles is 1.